The molecule has 0 aromatic heterocycles. The summed E-state index contributed by atoms with van der Waals surface area (Å²) in [5.41, 5.74) is 0.607. The third-order valence-electron chi connectivity index (χ3n) is 3.34. The molecule has 0 aliphatic rings. The van der Waals surface area contributed by atoms with E-state index in [4.69, 9.17) is 9.47 Å². The van der Waals surface area contributed by atoms with Crippen LogP contribution in [0.5, 0.6) is 5.75 Å². The molecular formula is C17H24O4. The SMILES string of the molecule is CCCCC(CC)C(=O)OCCOc1ccc(C=O)cc1. The van der Waals surface area contributed by atoms with Crippen molar-refractivity contribution in [1.29, 1.82) is 0 Å². The normalized spacial score (nSPS) is 11.7. The van der Waals surface area contributed by atoms with Crippen LogP contribution in [0.15, 0.2) is 24.3 Å². The zero-order valence-corrected chi connectivity index (χ0v) is 12.8. The Balaban J connectivity index is 2.25. The van der Waals surface area contributed by atoms with Crippen molar-refractivity contribution in [1.82, 2.24) is 0 Å². The summed E-state index contributed by atoms with van der Waals surface area (Å²) in [6.45, 7) is 4.68. The summed E-state index contributed by atoms with van der Waals surface area (Å²) in [6.07, 6.45) is 4.62. The summed E-state index contributed by atoms with van der Waals surface area (Å²) in [4.78, 5) is 22.4. The Labute approximate surface area is 126 Å². The van der Waals surface area contributed by atoms with Gasteiger partial charge in [-0.25, -0.2) is 0 Å². The lowest BCUT2D eigenvalue weighted by atomic mass is 10.00. The standard InChI is InChI=1S/C17H24O4/c1-3-5-6-15(4-2)17(19)21-12-11-20-16-9-7-14(13-18)8-10-16/h7-10,13,15H,3-6,11-12H2,1-2H3. The Kier molecular flexibility index (Phi) is 8.17. The van der Waals surface area contributed by atoms with Crippen molar-refractivity contribution >= 4 is 12.3 Å². The first kappa shape index (κ1) is 17.2. The minimum atomic E-state index is -0.133. The monoisotopic (exact) mass is 292 g/mol. The number of hydrogen-bond acceptors (Lipinski definition) is 4. The summed E-state index contributed by atoms with van der Waals surface area (Å²) >= 11 is 0. The maximum absolute atomic E-state index is 11.9. The van der Waals surface area contributed by atoms with Gasteiger partial charge in [0.15, 0.2) is 0 Å². The van der Waals surface area contributed by atoms with E-state index in [1.165, 1.54) is 0 Å². The van der Waals surface area contributed by atoms with E-state index < -0.39 is 0 Å². The smallest absolute Gasteiger partial charge is 0.309 e. The fourth-order valence-electron chi connectivity index (χ4n) is 2.00. The van der Waals surface area contributed by atoms with Crippen LogP contribution in [0.4, 0.5) is 0 Å². The Bertz CT molecular complexity index is 425. The Hall–Kier alpha value is -1.84. The van der Waals surface area contributed by atoms with Crippen molar-refractivity contribution in [3.63, 3.8) is 0 Å². The van der Waals surface area contributed by atoms with Crippen LogP contribution < -0.4 is 4.74 Å². The summed E-state index contributed by atoms with van der Waals surface area (Å²) in [7, 11) is 0. The lowest BCUT2D eigenvalue weighted by Gasteiger charge is -2.14. The number of esters is 1. The van der Waals surface area contributed by atoms with Crippen molar-refractivity contribution in [2.24, 2.45) is 5.92 Å². The van der Waals surface area contributed by atoms with E-state index in [-0.39, 0.29) is 18.5 Å². The van der Waals surface area contributed by atoms with Crippen molar-refractivity contribution < 1.29 is 19.1 Å². The van der Waals surface area contributed by atoms with Gasteiger partial charge in [-0.2, -0.15) is 0 Å². The molecule has 0 saturated heterocycles. The minimum Gasteiger partial charge on any atom is -0.490 e. The molecule has 0 heterocycles. The maximum atomic E-state index is 11.9. The number of carbonyl (C=O) groups is 2. The molecule has 1 atom stereocenters. The number of hydrogen-bond donors (Lipinski definition) is 0. The maximum Gasteiger partial charge on any atom is 0.309 e. The predicted octanol–water partition coefficient (Wildman–Crippen LogP) is 3.64. The summed E-state index contributed by atoms with van der Waals surface area (Å²) in [6, 6.07) is 6.82. The first-order valence-electron chi connectivity index (χ1n) is 7.55. The molecule has 4 heteroatoms. The van der Waals surface area contributed by atoms with Crippen LogP contribution in [0.1, 0.15) is 49.9 Å². The van der Waals surface area contributed by atoms with E-state index in [9.17, 15) is 9.59 Å². The van der Waals surface area contributed by atoms with Crippen LogP contribution in [0.2, 0.25) is 0 Å². The van der Waals surface area contributed by atoms with E-state index >= 15 is 0 Å². The van der Waals surface area contributed by atoms with Gasteiger partial charge in [-0.15, -0.1) is 0 Å². The van der Waals surface area contributed by atoms with Crippen LogP contribution in [-0.4, -0.2) is 25.5 Å². The van der Waals surface area contributed by atoms with Crippen molar-refractivity contribution in [3.8, 4) is 5.75 Å². The molecule has 0 aliphatic heterocycles. The quantitative estimate of drug-likeness (QED) is 0.375. The van der Waals surface area contributed by atoms with Gasteiger partial charge in [0.25, 0.3) is 0 Å². The lowest BCUT2D eigenvalue weighted by Crippen LogP contribution is -2.20. The number of benzene rings is 1. The summed E-state index contributed by atoms with van der Waals surface area (Å²) < 4.78 is 10.7. The topological polar surface area (TPSA) is 52.6 Å². The zero-order valence-electron chi connectivity index (χ0n) is 12.8. The van der Waals surface area contributed by atoms with Crippen LogP contribution in [-0.2, 0) is 9.53 Å². The largest absolute Gasteiger partial charge is 0.490 e. The Morgan fingerprint density at radius 1 is 1.19 bits per heavy atom. The fourth-order valence-corrected chi connectivity index (χ4v) is 2.00. The van der Waals surface area contributed by atoms with E-state index in [2.05, 4.69) is 6.92 Å². The van der Waals surface area contributed by atoms with Gasteiger partial charge in [0.2, 0.25) is 0 Å². The molecule has 0 saturated carbocycles. The molecule has 1 aromatic carbocycles. The average Bonchev–Trinajstić information content (AvgIpc) is 2.53. The molecule has 0 radical (unpaired) electrons. The Morgan fingerprint density at radius 2 is 1.90 bits per heavy atom. The molecule has 0 aliphatic carbocycles. The van der Waals surface area contributed by atoms with E-state index in [0.717, 1.165) is 32.0 Å². The van der Waals surface area contributed by atoms with Gasteiger partial charge in [-0.05, 0) is 37.1 Å². The molecule has 0 bridgehead atoms. The van der Waals surface area contributed by atoms with Gasteiger partial charge in [0, 0.05) is 5.56 Å². The van der Waals surface area contributed by atoms with Gasteiger partial charge in [0.1, 0.15) is 25.2 Å². The van der Waals surface area contributed by atoms with E-state index in [0.29, 0.717) is 17.9 Å². The first-order valence-corrected chi connectivity index (χ1v) is 7.55. The molecule has 116 valence electrons. The van der Waals surface area contributed by atoms with E-state index in [1.807, 2.05) is 6.92 Å². The molecule has 0 amide bonds. The molecule has 4 nitrogen and oxygen atoms in total. The molecule has 0 spiro atoms. The van der Waals surface area contributed by atoms with Gasteiger partial charge in [-0.3, -0.25) is 9.59 Å². The molecule has 21 heavy (non-hydrogen) atoms. The lowest BCUT2D eigenvalue weighted by molar-refractivity contribution is -0.149. The number of unbranched alkanes of at least 4 members (excludes halogenated alkanes) is 1. The number of aldehydes is 1. The van der Waals surface area contributed by atoms with Gasteiger partial charge < -0.3 is 9.47 Å². The number of rotatable bonds is 10. The third kappa shape index (κ3) is 6.43. The molecule has 1 aromatic rings. The highest BCUT2D eigenvalue weighted by atomic mass is 16.6. The number of ether oxygens (including phenoxy) is 2. The van der Waals surface area contributed by atoms with Crippen molar-refractivity contribution in [2.45, 2.75) is 39.5 Å². The Morgan fingerprint density at radius 3 is 2.48 bits per heavy atom. The zero-order chi connectivity index (χ0) is 15.5. The highest BCUT2D eigenvalue weighted by Gasteiger charge is 2.16. The molecule has 0 fully saturated rings. The predicted molar refractivity (Wildman–Crippen MR) is 81.6 cm³/mol. The summed E-state index contributed by atoms with van der Waals surface area (Å²) in [5, 5.41) is 0. The molecule has 1 rings (SSSR count). The van der Waals surface area contributed by atoms with Crippen molar-refractivity contribution in [3.05, 3.63) is 29.8 Å². The second kappa shape index (κ2) is 9.97. The minimum absolute atomic E-state index is 0.00294. The fraction of sp³-hybridized carbons (Fsp3) is 0.529. The molecule has 0 N–H and O–H groups in total. The van der Waals surface area contributed by atoms with Crippen LogP contribution in [0.3, 0.4) is 0 Å². The van der Waals surface area contributed by atoms with Gasteiger partial charge >= 0.3 is 5.97 Å². The summed E-state index contributed by atoms with van der Waals surface area (Å²) in [5.74, 6) is 0.525. The molecular weight excluding hydrogens is 268 g/mol. The second-order valence-corrected chi connectivity index (χ2v) is 4.95. The van der Waals surface area contributed by atoms with Crippen LogP contribution >= 0.6 is 0 Å². The van der Waals surface area contributed by atoms with Crippen LogP contribution in [0, 0.1) is 5.92 Å². The van der Waals surface area contributed by atoms with Crippen LogP contribution in [0.25, 0.3) is 0 Å². The third-order valence-corrected chi connectivity index (χ3v) is 3.34. The first-order chi connectivity index (χ1) is 10.2. The van der Waals surface area contributed by atoms with Crippen molar-refractivity contribution in [2.75, 3.05) is 13.2 Å². The second-order valence-electron chi connectivity index (χ2n) is 4.95. The average molecular weight is 292 g/mol. The van der Waals surface area contributed by atoms with Gasteiger partial charge in [0.05, 0.1) is 5.92 Å². The van der Waals surface area contributed by atoms with Gasteiger partial charge in [-0.1, -0.05) is 26.7 Å². The number of carbonyl (C=O) groups excluding carboxylic acids is 2. The molecule has 1 unspecified atom stereocenters. The highest BCUT2D eigenvalue weighted by Crippen LogP contribution is 2.14. The highest BCUT2D eigenvalue weighted by molar-refractivity contribution is 5.74. The van der Waals surface area contributed by atoms with E-state index in [1.54, 1.807) is 24.3 Å².